The van der Waals surface area contributed by atoms with Gasteiger partial charge in [-0.05, 0) is 42.5 Å². The number of rotatable bonds is 5. The molecule has 6 nitrogen and oxygen atoms in total. The van der Waals surface area contributed by atoms with Gasteiger partial charge in [0.2, 0.25) is 0 Å². The van der Waals surface area contributed by atoms with Gasteiger partial charge in [-0.15, -0.1) is 10.2 Å². The summed E-state index contributed by atoms with van der Waals surface area (Å²) in [6, 6.07) is 17.5. The number of hydrogen-bond donors (Lipinski definition) is 2. The van der Waals surface area contributed by atoms with Crippen LogP contribution >= 0.6 is 11.6 Å². The first-order chi connectivity index (χ1) is 12.2. The number of benzene rings is 2. The molecular formula is C18H15ClN4O2. The Morgan fingerprint density at radius 1 is 1.00 bits per heavy atom. The van der Waals surface area contributed by atoms with Gasteiger partial charge in [0, 0.05) is 10.6 Å². The number of anilines is 3. The highest BCUT2D eigenvalue weighted by Gasteiger charge is 2.08. The van der Waals surface area contributed by atoms with Crippen LogP contribution in [-0.2, 0) is 0 Å². The van der Waals surface area contributed by atoms with Crippen LogP contribution in [0.25, 0.3) is 0 Å². The third-order valence-electron chi connectivity index (χ3n) is 3.36. The Hall–Kier alpha value is -3.12. The molecule has 0 bridgehead atoms. The molecule has 0 saturated carbocycles. The van der Waals surface area contributed by atoms with Crippen LogP contribution in [0.1, 0.15) is 10.4 Å². The lowest BCUT2D eigenvalue weighted by atomic mass is 10.2. The van der Waals surface area contributed by atoms with E-state index in [0.717, 1.165) is 5.69 Å². The van der Waals surface area contributed by atoms with Crippen LogP contribution in [0.3, 0.4) is 0 Å². The molecule has 2 N–H and O–H groups in total. The first-order valence-electron chi connectivity index (χ1n) is 7.46. The van der Waals surface area contributed by atoms with Crippen molar-refractivity contribution in [2.75, 3.05) is 17.7 Å². The second-order valence-electron chi connectivity index (χ2n) is 5.09. The molecule has 3 rings (SSSR count). The lowest BCUT2D eigenvalue weighted by Gasteiger charge is -2.10. The van der Waals surface area contributed by atoms with E-state index in [1.807, 2.05) is 24.3 Å². The van der Waals surface area contributed by atoms with Gasteiger partial charge < -0.3 is 15.4 Å². The fourth-order valence-electron chi connectivity index (χ4n) is 2.17. The monoisotopic (exact) mass is 354 g/mol. The zero-order valence-corrected chi connectivity index (χ0v) is 14.1. The Balaban J connectivity index is 1.69. The van der Waals surface area contributed by atoms with Crippen molar-refractivity contribution < 1.29 is 9.53 Å². The third kappa shape index (κ3) is 4.24. The van der Waals surface area contributed by atoms with Crippen molar-refractivity contribution in [1.82, 2.24) is 10.2 Å². The Morgan fingerprint density at radius 2 is 1.76 bits per heavy atom. The first kappa shape index (κ1) is 16.7. The van der Waals surface area contributed by atoms with Crippen molar-refractivity contribution in [3.05, 3.63) is 71.2 Å². The standard InChI is InChI=1S/C18H15ClN4O2/c1-25-15-8-3-2-7-14(15)20-16-9-10-17(23-22-16)21-18(24)12-5-4-6-13(19)11-12/h2-11H,1H3,(H,20,22)(H,21,23,24). The molecule has 0 aliphatic rings. The summed E-state index contributed by atoms with van der Waals surface area (Å²) in [5.74, 6) is 1.27. The van der Waals surface area contributed by atoms with Crippen LogP contribution in [0.4, 0.5) is 17.3 Å². The average molecular weight is 355 g/mol. The maximum Gasteiger partial charge on any atom is 0.256 e. The van der Waals surface area contributed by atoms with Crippen molar-refractivity contribution in [2.24, 2.45) is 0 Å². The van der Waals surface area contributed by atoms with Gasteiger partial charge in [0.1, 0.15) is 5.75 Å². The van der Waals surface area contributed by atoms with Gasteiger partial charge in [0.25, 0.3) is 5.91 Å². The summed E-state index contributed by atoms with van der Waals surface area (Å²) in [6.07, 6.45) is 0. The van der Waals surface area contributed by atoms with Gasteiger partial charge in [0.15, 0.2) is 11.6 Å². The molecule has 0 atom stereocenters. The Labute approximate surface area is 149 Å². The molecular weight excluding hydrogens is 340 g/mol. The van der Waals surface area contributed by atoms with Gasteiger partial charge in [-0.2, -0.15) is 0 Å². The fraction of sp³-hybridized carbons (Fsp3) is 0.0556. The molecule has 7 heteroatoms. The van der Waals surface area contributed by atoms with E-state index in [4.69, 9.17) is 16.3 Å². The molecule has 0 aliphatic heterocycles. The van der Waals surface area contributed by atoms with Crippen LogP contribution in [0.15, 0.2) is 60.7 Å². The van der Waals surface area contributed by atoms with Gasteiger partial charge in [-0.25, -0.2) is 0 Å². The minimum atomic E-state index is -0.303. The number of ether oxygens (including phenoxy) is 1. The normalized spacial score (nSPS) is 10.2. The molecule has 0 aliphatic carbocycles. The molecule has 1 heterocycles. The number of carbonyl (C=O) groups excluding carboxylic acids is 1. The van der Waals surface area contributed by atoms with Gasteiger partial charge in [-0.3, -0.25) is 4.79 Å². The molecule has 0 spiro atoms. The highest BCUT2D eigenvalue weighted by molar-refractivity contribution is 6.31. The minimum absolute atomic E-state index is 0.303. The lowest BCUT2D eigenvalue weighted by Crippen LogP contribution is -2.13. The van der Waals surface area contributed by atoms with Crippen molar-refractivity contribution in [1.29, 1.82) is 0 Å². The number of amides is 1. The summed E-state index contributed by atoms with van der Waals surface area (Å²) in [4.78, 5) is 12.2. The molecule has 3 aromatic rings. The fourth-order valence-corrected chi connectivity index (χ4v) is 2.36. The average Bonchev–Trinajstić information content (AvgIpc) is 2.64. The topological polar surface area (TPSA) is 76.1 Å². The molecule has 1 amide bonds. The zero-order valence-electron chi connectivity index (χ0n) is 13.4. The summed E-state index contributed by atoms with van der Waals surface area (Å²) < 4.78 is 5.27. The molecule has 0 saturated heterocycles. The van der Waals surface area contributed by atoms with E-state index in [2.05, 4.69) is 20.8 Å². The Kier molecular flexibility index (Phi) is 5.11. The molecule has 126 valence electrons. The van der Waals surface area contributed by atoms with Crippen molar-refractivity contribution >= 4 is 34.8 Å². The Morgan fingerprint density at radius 3 is 2.48 bits per heavy atom. The summed E-state index contributed by atoms with van der Waals surface area (Å²) >= 11 is 5.89. The summed E-state index contributed by atoms with van der Waals surface area (Å²) in [5.41, 5.74) is 1.22. The molecule has 1 aromatic heterocycles. The number of nitrogens with one attached hydrogen (secondary N) is 2. The molecule has 0 unspecified atom stereocenters. The molecule has 0 fully saturated rings. The summed E-state index contributed by atoms with van der Waals surface area (Å²) in [7, 11) is 1.60. The van der Waals surface area contributed by atoms with Crippen LogP contribution in [0.5, 0.6) is 5.75 Å². The maximum atomic E-state index is 12.2. The largest absolute Gasteiger partial charge is 0.495 e. The Bertz CT molecular complexity index is 884. The van der Waals surface area contributed by atoms with Crippen LogP contribution in [0.2, 0.25) is 5.02 Å². The van der Waals surface area contributed by atoms with Crippen LogP contribution in [0, 0.1) is 0 Å². The smallest absolute Gasteiger partial charge is 0.256 e. The number of para-hydroxylation sites is 2. The predicted octanol–water partition coefficient (Wildman–Crippen LogP) is 4.13. The predicted molar refractivity (Wildman–Crippen MR) is 97.7 cm³/mol. The number of methoxy groups -OCH3 is 1. The van der Waals surface area contributed by atoms with Crippen molar-refractivity contribution in [3.8, 4) is 5.75 Å². The van der Waals surface area contributed by atoms with E-state index in [1.54, 1.807) is 43.5 Å². The molecule has 0 radical (unpaired) electrons. The van der Waals surface area contributed by atoms with E-state index < -0.39 is 0 Å². The third-order valence-corrected chi connectivity index (χ3v) is 3.60. The highest BCUT2D eigenvalue weighted by Crippen LogP contribution is 2.26. The highest BCUT2D eigenvalue weighted by atomic mass is 35.5. The van der Waals surface area contributed by atoms with Crippen LogP contribution < -0.4 is 15.4 Å². The van der Waals surface area contributed by atoms with E-state index >= 15 is 0 Å². The van der Waals surface area contributed by atoms with Crippen LogP contribution in [-0.4, -0.2) is 23.2 Å². The second-order valence-corrected chi connectivity index (χ2v) is 5.53. The van der Waals surface area contributed by atoms with E-state index in [9.17, 15) is 4.79 Å². The van der Waals surface area contributed by atoms with Gasteiger partial charge in [0.05, 0.1) is 12.8 Å². The van der Waals surface area contributed by atoms with E-state index in [0.29, 0.717) is 28.0 Å². The quantitative estimate of drug-likeness (QED) is 0.720. The summed E-state index contributed by atoms with van der Waals surface area (Å²) in [6.45, 7) is 0. The molecule has 25 heavy (non-hydrogen) atoms. The number of halogens is 1. The lowest BCUT2D eigenvalue weighted by molar-refractivity contribution is 0.102. The number of carbonyl (C=O) groups is 1. The zero-order chi connectivity index (χ0) is 17.6. The van der Waals surface area contributed by atoms with Gasteiger partial charge >= 0.3 is 0 Å². The number of nitrogens with zero attached hydrogens (tertiary/aromatic N) is 2. The van der Waals surface area contributed by atoms with E-state index in [1.165, 1.54) is 0 Å². The number of hydrogen-bond acceptors (Lipinski definition) is 5. The number of aromatic nitrogens is 2. The maximum absolute atomic E-state index is 12.2. The van der Waals surface area contributed by atoms with Gasteiger partial charge in [-0.1, -0.05) is 29.8 Å². The minimum Gasteiger partial charge on any atom is -0.495 e. The first-order valence-corrected chi connectivity index (χ1v) is 7.84. The summed E-state index contributed by atoms with van der Waals surface area (Å²) in [5, 5.41) is 14.3. The van der Waals surface area contributed by atoms with Crippen molar-refractivity contribution in [2.45, 2.75) is 0 Å². The van der Waals surface area contributed by atoms with Crippen molar-refractivity contribution in [3.63, 3.8) is 0 Å². The van der Waals surface area contributed by atoms with E-state index in [-0.39, 0.29) is 5.91 Å². The SMILES string of the molecule is COc1ccccc1Nc1ccc(NC(=O)c2cccc(Cl)c2)nn1. The molecule has 2 aromatic carbocycles. The second kappa shape index (κ2) is 7.63.